The number of carbonyl (C=O) groups excluding carboxylic acids is 1. The van der Waals surface area contributed by atoms with Gasteiger partial charge >= 0.3 is 0 Å². The van der Waals surface area contributed by atoms with Gasteiger partial charge < -0.3 is 10.1 Å². The van der Waals surface area contributed by atoms with Crippen molar-refractivity contribution >= 4 is 11.6 Å². The van der Waals surface area contributed by atoms with Gasteiger partial charge in [-0.25, -0.2) is 4.39 Å². The van der Waals surface area contributed by atoms with E-state index in [1.807, 2.05) is 0 Å². The number of ether oxygens (including phenoxy) is 1. The lowest BCUT2D eigenvalue weighted by Gasteiger charge is -2.07. The topological polar surface area (TPSA) is 51.2 Å². The largest absolute Gasteiger partial charge is 0.497 e. The Bertz CT molecular complexity index is 863. The monoisotopic (exact) mass is 322 g/mol. The first kappa shape index (κ1) is 15.7. The number of aromatic nitrogens is 1. The molecule has 0 spiro atoms. The fourth-order valence-electron chi connectivity index (χ4n) is 2.25. The number of nitrogens with zero attached hydrogens (tertiary/aromatic N) is 1. The third kappa shape index (κ3) is 3.57. The fourth-order valence-corrected chi connectivity index (χ4v) is 2.25. The molecule has 0 aliphatic heterocycles. The Balaban J connectivity index is 1.76. The SMILES string of the molecule is COc1cccc(NC(=O)c2ccc(-c3cccc(F)c3)nc2)c1. The summed E-state index contributed by atoms with van der Waals surface area (Å²) in [6, 6.07) is 16.6. The first-order valence-electron chi connectivity index (χ1n) is 7.33. The highest BCUT2D eigenvalue weighted by Crippen LogP contribution is 2.20. The molecule has 1 amide bonds. The van der Waals surface area contributed by atoms with E-state index in [9.17, 15) is 9.18 Å². The molecule has 0 bridgehead atoms. The van der Waals surface area contributed by atoms with Crippen molar-refractivity contribution in [2.45, 2.75) is 0 Å². The lowest BCUT2D eigenvalue weighted by Crippen LogP contribution is -2.12. The van der Waals surface area contributed by atoms with E-state index in [2.05, 4.69) is 10.3 Å². The first-order chi connectivity index (χ1) is 11.7. The predicted octanol–water partition coefficient (Wildman–Crippen LogP) is 4.15. The number of rotatable bonds is 4. The molecule has 0 aliphatic carbocycles. The van der Waals surface area contributed by atoms with Gasteiger partial charge in [0.05, 0.1) is 18.4 Å². The molecule has 0 unspecified atom stereocenters. The van der Waals surface area contributed by atoms with E-state index in [-0.39, 0.29) is 11.7 Å². The quantitative estimate of drug-likeness (QED) is 0.785. The summed E-state index contributed by atoms with van der Waals surface area (Å²) in [6.45, 7) is 0. The molecule has 4 nitrogen and oxygen atoms in total. The van der Waals surface area contributed by atoms with E-state index in [0.29, 0.717) is 28.3 Å². The lowest BCUT2D eigenvalue weighted by molar-refractivity contribution is 0.102. The van der Waals surface area contributed by atoms with Crippen LogP contribution in [0.3, 0.4) is 0 Å². The Morgan fingerprint density at radius 2 is 1.92 bits per heavy atom. The van der Waals surface area contributed by atoms with Crippen LogP contribution in [0.1, 0.15) is 10.4 Å². The van der Waals surface area contributed by atoms with Crippen LogP contribution in [-0.2, 0) is 0 Å². The minimum atomic E-state index is -0.325. The van der Waals surface area contributed by atoms with E-state index in [1.54, 1.807) is 55.6 Å². The van der Waals surface area contributed by atoms with E-state index in [4.69, 9.17) is 4.74 Å². The van der Waals surface area contributed by atoms with Crippen molar-refractivity contribution in [2.75, 3.05) is 12.4 Å². The molecule has 0 fully saturated rings. The number of carbonyl (C=O) groups is 1. The van der Waals surface area contributed by atoms with E-state index < -0.39 is 0 Å². The molecule has 0 radical (unpaired) electrons. The molecule has 3 rings (SSSR count). The fraction of sp³-hybridized carbons (Fsp3) is 0.0526. The van der Waals surface area contributed by atoms with Crippen molar-refractivity contribution in [2.24, 2.45) is 0 Å². The number of benzene rings is 2. The zero-order valence-corrected chi connectivity index (χ0v) is 13.0. The van der Waals surface area contributed by atoms with Crippen LogP contribution >= 0.6 is 0 Å². The number of hydrogen-bond acceptors (Lipinski definition) is 3. The predicted molar refractivity (Wildman–Crippen MR) is 90.6 cm³/mol. The van der Waals surface area contributed by atoms with Crippen LogP contribution < -0.4 is 10.1 Å². The third-order valence-electron chi connectivity index (χ3n) is 3.47. The van der Waals surface area contributed by atoms with Gasteiger partial charge in [0.25, 0.3) is 5.91 Å². The van der Waals surface area contributed by atoms with E-state index in [0.717, 1.165) is 0 Å². The third-order valence-corrected chi connectivity index (χ3v) is 3.47. The molecule has 1 aromatic heterocycles. The molecule has 0 atom stereocenters. The van der Waals surface area contributed by atoms with Gasteiger partial charge in [0, 0.05) is 23.5 Å². The number of halogens is 1. The average Bonchev–Trinajstić information content (AvgIpc) is 2.62. The maximum absolute atomic E-state index is 13.3. The molecular formula is C19H15FN2O2. The Morgan fingerprint density at radius 3 is 2.62 bits per heavy atom. The Hall–Kier alpha value is -3.21. The Kier molecular flexibility index (Phi) is 4.52. The number of methoxy groups -OCH3 is 1. The lowest BCUT2D eigenvalue weighted by atomic mass is 10.1. The van der Waals surface area contributed by atoms with Crippen molar-refractivity contribution in [1.29, 1.82) is 0 Å². The summed E-state index contributed by atoms with van der Waals surface area (Å²) < 4.78 is 18.4. The highest BCUT2D eigenvalue weighted by molar-refractivity contribution is 6.04. The molecule has 0 saturated heterocycles. The number of anilines is 1. The van der Waals surface area contributed by atoms with Crippen molar-refractivity contribution in [3.63, 3.8) is 0 Å². The summed E-state index contributed by atoms with van der Waals surface area (Å²) in [7, 11) is 1.57. The van der Waals surface area contributed by atoms with Crippen molar-refractivity contribution in [3.05, 3.63) is 78.2 Å². The Labute approximate surface area is 138 Å². The number of hydrogen-bond donors (Lipinski definition) is 1. The van der Waals surface area contributed by atoms with Gasteiger partial charge in [-0.2, -0.15) is 0 Å². The van der Waals surface area contributed by atoms with Crippen molar-refractivity contribution in [3.8, 4) is 17.0 Å². The van der Waals surface area contributed by atoms with Gasteiger partial charge in [-0.05, 0) is 36.4 Å². The zero-order chi connectivity index (χ0) is 16.9. The van der Waals surface area contributed by atoms with E-state index in [1.165, 1.54) is 18.3 Å². The second kappa shape index (κ2) is 6.91. The molecule has 24 heavy (non-hydrogen) atoms. The maximum Gasteiger partial charge on any atom is 0.257 e. The second-order valence-corrected chi connectivity index (χ2v) is 5.13. The van der Waals surface area contributed by atoms with Gasteiger partial charge in [0.2, 0.25) is 0 Å². The van der Waals surface area contributed by atoms with Gasteiger partial charge in [0.15, 0.2) is 0 Å². The van der Waals surface area contributed by atoms with Gasteiger partial charge in [-0.15, -0.1) is 0 Å². The zero-order valence-electron chi connectivity index (χ0n) is 13.0. The van der Waals surface area contributed by atoms with Crippen molar-refractivity contribution in [1.82, 2.24) is 4.98 Å². The molecular weight excluding hydrogens is 307 g/mol. The molecule has 1 N–H and O–H groups in total. The van der Waals surface area contributed by atoms with Crippen LogP contribution in [0.5, 0.6) is 5.75 Å². The first-order valence-corrected chi connectivity index (χ1v) is 7.33. The summed E-state index contributed by atoms with van der Waals surface area (Å²) >= 11 is 0. The molecule has 3 aromatic rings. The maximum atomic E-state index is 13.3. The van der Waals surface area contributed by atoms with Crippen LogP contribution in [0, 0.1) is 5.82 Å². The summed E-state index contributed by atoms with van der Waals surface area (Å²) in [4.78, 5) is 16.5. The molecule has 2 aromatic carbocycles. The van der Waals surface area contributed by atoms with Crippen LogP contribution in [-0.4, -0.2) is 18.0 Å². The normalized spacial score (nSPS) is 10.2. The number of pyridine rings is 1. The van der Waals surface area contributed by atoms with Gasteiger partial charge in [-0.1, -0.05) is 18.2 Å². The van der Waals surface area contributed by atoms with Crippen LogP contribution in [0.2, 0.25) is 0 Å². The van der Waals surface area contributed by atoms with Crippen LogP contribution in [0.4, 0.5) is 10.1 Å². The van der Waals surface area contributed by atoms with Crippen LogP contribution in [0.25, 0.3) is 11.3 Å². The van der Waals surface area contributed by atoms with Gasteiger partial charge in [-0.3, -0.25) is 9.78 Å². The minimum absolute atomic E-state index is 0.276. The second-order valence-electron chi connectivity index (χ2n) is 5.13. The van der Waals surface area contributed by atoms with Gasteiger partial charge in [0.1, 0.15) is 11.6 Å². The Morgan fingerprint density at radius 1 is 1.08 bits per heavy atom. The summed E-state index contributed by atoms with van der Waals surface area (Å²) in [6.07, 6.45) is 1.47. The van der Waals surface area contributed by atoms with Crippen LogP contribution in [0.15, 0.2) is 66.9 Å². The molecule has 1 heterocycles. The highest BCUT2D eigenvalue weighted by atomic mass is 19.1. The number of amides is 1. The highest BCUT2D eigenvalue weighted by Gasteiger charge is 2.08. The molecule has 0 saturated carbocycles. The van der Waals surface area contributed by atoms with E-state index >= 15 is 0 Å². The molecule has 5 heteroatoms. The summed E-state index contributed by atoms with van der Waals surface area (Å²) in [5, 5.41) is 2.78. The minimum Gasteiger partial charge on any atom is -0.497 e. The standard InChI is InChI=1S/C19H15FN2O2/c1-24-17-7-3-6-16(11-17)22-19(23)14-8-9-18(21-12-14)13-4-2-5-15(20)10-13/h2-12H,1H3,(H,22,23). The van der Waals surface area contributed by atoms with Crippen molar-refractivity contribution < 1.29 is 13.9 Å². The average molecular weight is 322 g/mol. The number of nitrogens with one attached hydrogen (secondary N) is 1. The molecule has 120 valence electrons. The summed E-state index contributed by atoms with van der Waals surface area (Å²) in [5.74, 6) is 0.0584. The smallest absolute Gasteiger partial charge is 0.257 e. The summed E-state index contributed by atoms with van der Waals surface area (Å²) in [5.41, 5.74) is 2.31. The molecule has 0 aliphatic rings.